The van der Waals surface area contributed by atoms with Crippen LogP contribution in [0.25, 0.3) is 0 Å². The van der Waals surface area contributed by atoms with E-state index < -0.39 is 29.1 Å². The summed E-state index contributed by atoms with van der Waals surface area (Å²) in [4.78, 5) is 22.4. The van der Waals surface area contributed by atoms with Crippen molar-refractivity contribution in [2.45, 2.75) is 46.1 Å². The van der Waals surface area contributed by atoms with Crippen LogP contribution in [0.15, 0.2) is 12.1 Å². The number of aryl methyl sites for hydroxylation is 2. The second-order valence-corrected chi connectivity index (χ2v) is 5.99. The van der Waals surface area contributed by atoms with Crippen molar-refractivity contribution in [1.29, 1.82) is 0 Å². The van der Waals surface area contributed by atoms with Gasteiger partial charge in [0.1, 0.15) is 5.60 Å². The number of carbonyl (C=O) groups excluding carboxylic acids is 1. The van der Waals surface area contributed by atoms with E-state index in [4.69, 9.17) is 9.84 Å². The second-order valence-electron chi connectivity index (χ2n) is 5.99. The number of halogens is 2. The van der Waals surface area contributed by atoms with Crippen LogP contribution < -0.4 is 5.32 Å². The summed E-state index contributed by atoms with van der Waals surface area (Å²) in [5, 5.41) is 11.1. The van der Waals surface area contributed by atoms with Crippen LogP contribution in [0.3, 0.4) is 0 Å². The van der Waals surface area contributed by atoms with E-state index in [1.165, 1.54) is 13.8 Å². The molecule has 122 valence electrons. The van der Waals surface area contributed by atoms with Crippen molar-refractivity contribution in [2.24, 2.45) is 0 Å². The normalized spacial score (nSPS) is 12.0. The lowest BCUT2D eigenvalue weighted by molar-refractivity contribution is -0.166. The molecule has 0 saturated carbocycles. The third-order valence-corrected chi connectivity index (χ3v) is 2.79. The molecular formula is C15H19F2NO4. The molecule has 0 aromatic heterocycles. The molecule has 22 heavy (non-hydrogen) atoms. The van der Waals surface area contributed by atoms with Gasteiger partial charge in [0, 0.05) is 11.3 Å². The lowest BCUT2D eigenvalue weighted by Gasteiger charge is -2.21. The fourth-order valence-corrected chi connectivity index (χ4v) is 1.87. The van der Waals surface area contributed by atoms with Crippen LogP contribution in [-0.4, -0.2) is 22.8 Å². The zero-order valence-electron chi connectivity index (χ0n) is 13.1. The summed E-state index contributed by atoms with van der Waals surface area (Å²) in [6.45, 7) is 8.09. The summed E-state index contributed by atoms with van der Waals surface area (Å²) in [6.07, 6.45) is -0.712. The van der Waals surface area contributed by atoms with Crippen molar-refractivity contribution in [3.05, 3.63) is 28.8 Å². The third kappa shape index (κ3) is 4.16. The van der Waals surface area contributed by atoms with Gasteiger partial charge < -0.3 is 9.84 Å². The van der Waals surface area contributed by atoms with Crippen molar-refractivity contribution in [2.75, 3.05) is 5.32 Å². The number of carboxylic acids is 1. The van der Waals surface area contributed by atoms with Crippen molar-refractivity contribution in [1.82, 2.24) is 0 Å². The minimum atomic E-state index is -3.99. The number of hydrogen-bond acceptors (Lipinski definition) is 3. The number of amides is 1. The maximum Gasteiger partial charge on any atom is 0.412 e. The second kappa shape index (κ2) is 5.90. The van der Waals surface area contributed by atoms with E-state index >= 15 is 0 Å². The molecule has 0 bridgehead atoms. The van der Waals surface area contributed by atoms with E-state index in [1.54, 1.807) is 20.8 Å². The highest BCUT2D eigenvalue weighted by Gasteiger charge is 2.41. The first kappa shape index (κ1) is 17.9. The average molecular weight is 315 g/mol. The van der Waals surface area contributed by atoms with Gasteiger partial charge in [0.25, 0.3) is 0 Å². The molecule has 7 heteroatoms. The predicted octanol–water partition coefficient (Wildman–Crippen LogP) is 3.83. The summed E-state index contributed by atoms with van der Waals surface area (Å²) in [5.41, 5.74) is -0.366. The molecule has 1 aromatic rings. The van der Waals surface area contributed by atoms with Gasteiger partial charge >= 0.3 is 18.0 Å². The Bertz CT molecular complexity index is 583. The smallest absolute Gasteiger partial charge is 0.412 e. The summed E-state index contributed by atoms with van der Waals surface area (Å²) in [7, 11) is 0. The van der Waals surface area contributed by atoms with Crippen LogP contribution in [0.5, 0.6) is 0 Å². The number of ether oxygens (including phenoxy) is 1. The Balaban J connectivity index is 3.11. The Morgan fingerprint density at radius 3 is 1.95 bits per heavy atom. The van der Waals surface area contributed by atoms with Crippen molar-refractivity contribution < 1.29 is 28.2 Å². The lowest BCUT2D eigenvalue weighted by Crippen LogP contribution is -2.28. The first-order valence-electron chi connectivity index (χ1n) is 6.57. The standard InChI is InChI=1S/C15H19F2NO4/c1-8-6-10(15(16,17)12(19)20)7-9(2)11(8)18-13(21)22-14(3,4)5/h6-7H,1-5H3,(H,18,21)(H,19,20). The maximum absolute atomic E-state index is 13.5. The Hall–Kier alpha value is -2.18. The first-order chi connectivity index (χ1) is 9.84. The highest BCUT2D eigenvalue weighted by Crippen LogP contribution is 2.33. The molecule has 0 saturated heterocycles. The number of benzene rings is 1. The van der Waals surface area contributed by atoms with Crippen LogP contribution in [-0.2, 0) is 15.5 Å². The average Bonchev–Trinajstić information content (AvgIpc) is 2.30. The molecule has 0 radical (unpaired) electrons. The largest absolute Gasteiger partial charge is 0.477 e. The van der Waals surface area contributed by atoms with E-state index in [0.29, 0.717) is 16.8 Å². The number of nitrogens with one attached hydrogen (secondary N) is 1. The molecule has 2 N–H and O–H groups in total. The molecule has 1 rings (SSSR count). The summed E-state index contributed by atoms with van der Waals surface area (Å²) in [6, 6.07) is 2.07. The fraction of sp³-hybridized carbons (Fsp3) is 0.467. The lowest BCUT2D eigenvalue weighted by atomic mass is 10.00. The van der Waals surface area contributed by atoms with Crippen molar-refractivity contribution >= 4 is 17.7 Å². The molecule has 0 aliphatic carbocycles. The molecule has 5 nitrogen and oxygen atoms in total. The summed E-state index contributed by atoms with van der Waals surface area (Å²) >= 11 is 0. The van der Waals surface area contributed by atoms with Crippen LogP contribution in [0, 0.1) is 13.8 Å². The van der Waals surface area contributed by atoms with Crippen LogP contribution >= 0.6 is 0 Å². The van der Waals surface area contributed by atoms with Crippen LogP contribution in [0.4, 0.5) is 19.3 Å². The van der Waals surface area contributed by atoms with Crippen LogP contribution in [0.1, 0.15) is 37.5 Å². The SMILES string of the molecule is Cc1cc(C(F)(F)C(=O)O)cc(C)c1NC(=O)OC(C)(C)C. The molecule has 1 amide bonds. The van der Waals surface area contributed by atoms with Gasteiger partial charge in [0.2, 0.25) is 0 Å². The van der Waals surface area contributed by atoms with Gasteiger partial charge in [-0.25, -0.2) is 9.59 Å². The van der Waals surface area contributed by atoms with Gasteiger partial charge in [0.15, 0.2) is 0 Å². The topological polar surface area (TPSA) is 75.6 Å². The Kier molecular flexibility index (Phi) is 4.79. The Labute approximate surface area is 127 Å². The number of carboxylic acid groups (broad SMARTS) is 1. The van der Waals surface area contributed by atoms with E-state index in [0.717, 1.165) is 12.1 Å². The minimum Gasteiger partial charge on any atom is -0.477 e. The van der Waals surface area contributed by atoms with Gasteiger partial charge in [0.05, 0.1) is 0 Å². The van der Waals surface area contributed by atoms with E-state index in [2.05, 4.69) is 5.32 Å². The molecule has 0 spiro atoms. The van der Waals surface area contributed by atoms with Crippen LogP contribution in [0.2, 0.25) is 0 Å². The number of alkyl halides is 2. The number of carbonyl (C=O) groups is 2. The molecule has 0 fully saturated rings. The first-order valence-corrected chi connectivity index (χ1v) is 6.57. The third-order valence-electron chi connectivity index (χ3n) is 2.79. The van der Waals surface area contributed by atoms with Gasteiger partial charge in [-0.05, 0) is 57.9 Å². The molecule has 0 heterocycles. The number of rotatable bonds is 3. The quantitative estimate of drug-likeness (QED) is 0.889. The van der Waals surface area contributed by atoms with Gasteiger partial charge in [-0.1, -0.05) is 0 Å². The molecular weight excluding hydrogens is 296 g/mol. The molecule has 0 unspecified atom stereocenters. The number of anilines is 1. The maximum atomic E-state index is 13.5. The van der Waals surface area contributed by atoms with Crippen molar-refractivity contribution in [3.8, 4) is 0 Å². The van der Waals surface area contributed by atoms with Gasteiger partial charge in [-0.3, -0.25) is 5.32 Å². The summed E-state index contributed by atoms with van der Waals surface area (Å²) in [5.74, 6) is -6.21. The minimum absolute atomic E-state index is 0.319. The highest BCUT2D eigenvalue weighted by molar-refractivity contribution is 5.87. The van der Waals surface area contributed by atoms with Crippen molar-refractivity contribution in [3.63, 3.8) is 0 Å². The van der Waals surface area contributed by atoms with E-state index in [9.17, 15) is 18.4 Å². The highest BCUT2D eigenvalue weighted by atomic mass is 19.3. The van der Waals surface area contributed by atoms with Gasteiger partial charge in [-0.2, -0.15) is 8.78 Å². The zero-order valence-corrected chi connectivity index (χ0v) is 13.1. The van der Waals surface area contributed by atoms with E-state index in [-0.39, 0.29) is 0 Å². The number of hydrogen-bond donors (Lipinski definition) is 2. The van der Waals surface area contributed by atoms with E-state index in [1.807, 2.05) is 0 Å². The number of aliphatic carboxylic acids is 1. The van der Waals surface area contributed by atoms with Gasteiger partial charge in [-0.15, -0.1) is 0 Å². The monoisotopic (exact) mass is 315 g/mol. The molecule has 0 aliphatic rings. The zero-order chi connectivity index (χ0) is 17.3. The molecule has 0 aliphatic heterocycles. The Morgan fingerprint density at radius 2 is 1.59 bits per heavy atom. The molecule has 0 atom stereocenters. The summed E-state index contributed by atoms with van der Waals surface area (Å²) < 4.78 is 32.2. The molecule has 1 aromatic carbocycles. The predicted molar refractivity (Wildman–Crippen MR) is 77.3 cm³/mol. The Morgan fingerprint density at radius 1 is 1.14 bits per heavy atom. The fourth-order valence-electron chi connectivity index (χ4n) is 1.87.